The molecule has 2 aliphatic heterocycles. The molecule has 3 aromatic heterocycles. The maximum Gasteiger partial charge on any atom is 0.228 e. The van der Waals surface area contributed by atoms with Gasteiger partial charge in [0.2, 0.25) is 5.91 Å². The van der Waals surface area contributed by atoms with E-state index in [0.29, 0.717) is 19.0 Å². The Bertz CT molecular complexity index is 982. The molecule has 3 atom stereocenters. The fraction of sp³-hybridized carbons (Fsp3) is 0.450. The molecular formula is C20H23N5OS. The first-order valence-electron chi connectivity index (χ1n) is 9.48. The Balaban J connectivity index is 1.35. The van der Waals surface area contributed by atoms with Gasteiger partial charge in [-0.2, -0.15) is 0 Å². The average Bonchev–Trinajstić information content (AvgIpc) is 3.43. The summed E-state index contributed by atoms with van der Waals surface area (Å²) in [6.07, 6.45) is 7.89. The van der Waals surface area contributed by atoms with E-state index in [2.05, 4.69) is 45.2 Å². The molecule has 0 aliphatic carbocycles. The average molecular weight is 382 g/mol. The topological polar surface area (TPSA) is 71.3 Å². The van der Waals surface area contributed by atoms with E-state index in [1.807, 2.05) is 22.2 Å². The second-order valence-electron chi connectivity index (χ2n) is 7.90. The van der Waals surface area contributed by atoms with Gasteiger partial charge < -0.3 is 15.0 Å². The summed E-state index contributed by atoms with van der Waals surface area (Å²) in [6, 6.07) is 4.75. The van der Waals surface area contributed by atoms with Gasteiger partial charge in [-0.25, -0.2) is 9.97 Å². The Kier molecular flexibility index (Phi) is 4.02. The minimum atomic E-state index is -0.396. The number of amides is 1. The van der Waals surface area contributed by atoms with E-state index < -0.39 is 5.41 Å². The number of nitrogens with one attached hydrogen (secondary N) is 2. The van der Waals surface area contributed by atoms with E-state index in [1.165, 1.54) is 12.0 Å². The molecule has 7 heteroatoms. The summed E-state index contributed by atoms with van der Waals surface area (Å²) in [5.41, 5.74) is 5.45. The SMILES string of the molecule is Cc1ccc2nc(CNC(=O)[C@]3(Cc4cscn4)C[C@@H]4CC[C@H]3N4)cn2c1. The lowest BCUT2D eigenvalue weighted by molar-refractivity contribution is -0.132. The molecule has 2 N–H and O–H groups in total. The molecule has 6 nitrogen and oxygen atoms in total. The van der Waals surface area contributed by atoms with Crippen LogP contribution in [-0.2, 0) is 17.8 Å². The molecule has 0 aromatic carbocycles. The Morgan fingerprint density at radius 3 is 3.04 bits per heavy atom. The predicted octanol–water partition coefficient (Wildman–Crippen LogP) is 2.47. The number of aryl methyl sites for hydroxylation is 1. The Morgan fingerprint density at radius 2 is 2.30 bits per heavy atom. The summed E-state index contributed by atoms with van der Waals surface area (Å²) in [7, 11) is 0. The Labute approximate surface area is 162 Å². The number of rotatable bonds is 5. The third-order valence-electron chi connectivity index (χ3n) is 6.03. The lowest BCUT2D eigenvalue weighted by atomic mass is 9.70. The van der Waals surface area contributed by atoms with E-state index in [1.54, 1.807) is 11.3 Å². The molecule has 2 saturated heterocycles. The van der Waals surface area contributed by atoms with Crippen LogP contribution in [0.3, 0.4) is 0 Å². The second kappa shape index (κ2) is 6.42. The van der Waals surface area contributed by atoms with Gasteiger partial charge >= 0.3 is 0 Å². The molecule has 1 amide bonds. The fourth-order valence-electron chi connectivity index (χ4n) is 4.76. The normalized spacial score (nSPS) is 26.7. The molecule has 0 saturated carbocycles. The molecule has 0 unspecified atom stereocenters. The highest BCUT2D eigenvalue weighted by Gasteiger charge is 2.55. The van der Waals surface area contributed by atoms with Crippen LogP contribution in [0.15, 0.2) is 35.4 Å². The Hall–Kier alpha value is -2.25. The van der Waals surface area contributed by atoms with E-state index >= 15 is 0 Å². The van der Waals surface area contributed by atoms with Crippen molar-refractivity contribution >= 4 is 22.9 Å². The first kappa shape index (κ1) is 16.9. The smallest absolute Gasteiger partial charge is 0.228 e. The summed E-state index contributed by atoms with van der Waals surface area (Å²) in [6.45, 7) is 2.51. The van der Waals surface area contributed by atoms with Gasteiger partial charge in [-0.1, -0.05) is 6.07 Å². The second-order valence-corrected chi connectivity index (χ2v) is 8.62. The first-order valence-corrected chi connectivity index (χ1v) is 10.4. The lowest BCUT2D eigenvalue weighted by Crippen LogP contribution is -2.49. The highest BCUT2D eigenvalue weighted by Crippen LogP contribution is 2.45. The largest absolute Gasteiger partial charge is 0.350 e. The fourth-order valence-corrected chi connectivity index (χ4v) is 5.32. The van der Waals surface area contributed by atoms with Crippen molar-refractivity contribution in [2.75, 3.05) is 0 Å². The van der Waals surface area contributed by atoms with Crippen molar-refractivity contribution in [2.24, 2.45) is 5.41 Å². The lowest BCUT2D eigenvalue weighted by Gasteiger charge is -2.34. The minimum absolute atomic E-state index is 0.128. The van der Waals surface area contributed by atoms with Crippen LogP contribution in [0.1, 0.15) is 36.2 Å². The highest BCUT2D eigenvalue weighted by molar-refractivity contribution is 7.07. The molecule has 5 heterocycles. The van der Waals surface area contributed by atoms with Gasteiger partial charge in [-0.15, -0.1) is 11.3 Å². The van der Waals surface area contributed by atoms with Gasteiger partial charge in [0.25, 0.3) is 0 Å². The summed E-state index contributed by atoms with van der Waals surface area (Å²) in [5, 5.41) is 8.87. The standard InChI is InChI=1S/C20H23N5OS/c1-13-2-5-18-24-16(10-25(18)9-13)8-21-19(26)20(7-15-11-27-12-22-15)6-14-3-4-17(20)23-14/h2,5,9-12,14,17,23H,3-4,6-8H2,1H3,(H,21,26)/t14-,17+,20-/m0/s1. The molecule has 27 heavy (non-hydrogen) atoms. The number of hydrogen-bond donors (Lipinski definition) is 2. The van der Waals surface area contributed by atoms with Crippen LogP contribution < -0.4 is 10.6 Å². The van der Waals surface area contributed by atoms with Gasteiger partial charge in [0.15, 0.2) is 0 Å². The van der Waals surface area contributed by atoms with Crippen LogP contribution in [0, 0.1) is 12.3 Å². The van der Waals surface area contributed by atoms with Crippen molar-refractivity contribution in [3.8, 4) is 0 Å². The molecule has 140 valence electrons. The summed E-state index contributed by atoms with van der Waals surface area (Å²) in [5.74, 6) is 0.128. The van der Waals surface area contributed by atoms with Crippen LogP contribution in [0.5, 0.6) is 0 Å². The number of carbonyl (C=O) groups excluding carboxylic acids is 1. The zero-order valence-electron chi connectivity index (χ0n) is 15.3. The van der Waals surface area contributed by atoms with Gasteiger partial charge in [0.1, 0.15) is 5.65 Å². The molecule has 2 bridgehead atoms. The monoisotopic (exact) mass is 381 g/mol. The van der Waals surface area contributed by atoms with Gasteiger partial charge in [0.05, 0.1) is 28.9 Å². The van der Waals surface area contributed by atoms with Crippen molar-refractivity contribution in [1.29, 1.82) is 0 Å². The number of carbonyl (C=O) groups is 1. The number of thiazole rings is 1. The van der Waals surface area contributed by atoms with Crippen LogP contribution >= 0.6 is 11.3 Å². The molecular weight excluding hydrogens is 358 g/mol. The zero-order chi connectivity index (χ0) is 18.4. The third-order valence-corrected chi connectivity index (χ3v) is 6.66. The minimum Gasteiger partial charge on any atom is -0.350 e. The Morgan fingerprint density at radius 1 is 1.37 bits per heavy atom. The molecule has 0 spiro atoms. The van der Waals surface area contributed by atoms with Crippen molar-refractivity contribution in [2.45, 2.75) is 51.2 Å². The highest BCUT2D eigenvalue weighted by atomic mass is 32.1. The third kappa shape index (κ3) is 2.95. The van der Waals surface area contributed by atoms with Crippen molar-refractivity contribution in [1.82, 2.24) is 25.0 Å². The molecule has 2 fully saturated rings. The first-order chi connectivity index (χ1) is 13.1. The van der Waals surface area contributed by atoms with E-state index in [0.717, 1.165) is 29.9 Å². The molecule has 5 rings (SSSR count). The van der Waals surface area contributed by atoms with Crippen molar-refractivity contribution < 1.29 is 4.79 Å². The zero-order valence-corrected chi connectivity index (χ0v) is 16.1. The van der Waals surface area contributed by atoms with E-state index in [4.69, 9.17) is 0 Å². The number of pyridine rings is 1. The number of nitrogens with zero attached hydrogens (tertiary/aromatic N) is 3. The van der Waals surface area contributed by atoms with Crippen LogP contribution in [0.25, 0.3) is 5.65 Å². The summed E-state index contributed by atoms with van der Waals surface area (Å²) in [4.78, 5) is 22.4. The molecule has 2 aliphatic rings. The summed E-state index contributed by atoms with van der Waals surface area (Å²) >= 11 is 1.59. The predicted molar refractivity (Wildman–Crippen MR) is 105 cm³/mol. The van der Waals surface area contributed by atoms with Crippen LogP contribution in [0.4, 0.5) is 0 Å². The van der Waals surface area contributed by atoms with E-state index in [9.17, 15) is 4.79 Å². The number of aromatic nitrogens is 3. The van der Waals surface area contributed by atoms with Gasteiger partial charge in [0, 0.05) is 36.3 Å². The van der Waals surface area contributed by atoms with Crippen LogP contribution in [-0.4, -0.2) is 32.4 Å². The van der Waals surface area contributed by atoms with E-state index in [-0.39, 0.29) is 11.9 Å². The summed E-state index contributed by atoms with van der Waals surface area (Å²) < 4.78 is 2.01. The van der Waals surface area contributed by atoms with Crippen molar-refractivity contribution in [3.05, 3.63) is 52.4 Å². The maximum atomic E-state index is 13.3. The number of hydrogen-bond acceptors (Lipinski definition) is 5. The van der Waals surface area contributed by atoms with Gasteiger partial charge in [-0.3, -0.25) is 4.79 Å². The van der Waals surface area contributed by atoms with Gasteiger partial charge in [-0.05, 0) is 37.8 Å². The van der Waals surface area contributed by atoms with Crippen LogP contribution in [0.2, 0.25) is 0 Å². The molecule has 3 aromatic rings. The van der Waals surface area contributed by atoms with Crippen molar-refractivity contribution in [3.63, 3.8) is 0 Å². The maximum absolute atomic E-state index is 13.3. The number of fused-ring (bicyclic) bond motifs is 3. The quantitative estimate of drug-likeness (QED) is 0.712. The number of imidazole rings is 1. The molecule has 0 radical (unpaired) electrons.